The molecule has 3 rings (SSSR count). The predicted molar refractivity (Wildman–Crippen MR) is 103 cm³/mol. The minimum atomic E-state index is -1.00. The highest BCUT2D eigenvalue weighted by Crippen LogP contribution is 2.25. The number of methoxy groups -OCH3 is 1. The molecular formula is C19H17ClF2N4O2. The van der Waals surface area contributed by atoms with Crippen molar-refractivity contribution in [3.05, 3.63) is 74.3 Å². The van der Waals surface area contributed by atoms with Crippen molar-refractivity contribution in [1.29, 1.82) is 0 Å². The monoisotopic (exact) mass is 406 g/mol. The summed E-state index contributed by atoms with van der Waals surface area (Å²) in [6.07, 6.45) is 1.04. The molecule has 28 heavy (non-hydrogen) atoms. The third-order valence-corrected chi connectivity index (χ3v) is 4.38. The fourth-order valence-electron chi connectivity index (χ4n) is 2.66. The first-order chi connectivity index (χ1) is 13.3. The highest BCUT2D eigenvalue weighted by molar-refractivity contribution is 6.30. The molecule has 0 bridgehead atoms. The van der Waals surface area contributed by atoms with Crippen molar-refractivity contribution >= 4 is 23.2 Å². The summed E-state index contributed by atoms with van der Waals surface area (Å²) in [5, 5.41) is 2.96. The number of nitrogens with one attached hydrogen (secondary N) is 1. The van der Waals surface area contributed by atoms with Gasteiger partial charge in [-0.1, -0.05) is 17.7 Å². The number of hydrogen-bond acceptors (Lipinski definition) is 5. The third kappa shape index (κ3) is 4.12. The van der Waals surface area contributed by atoms with Crippen LogP contribution in [0.2, 0.25) is 5.02 Å². The number of anilines is 2. The van der Waals surface area contributed by atoms with Gasteiger partial charge in [0.05, 0.1) is 30.1 Å². The van der Waals surface area contributed by atoms with Crippen molar-refractivity contribution in [1.82, 2.24) is 14.5 Å². The highest BCUT2D eigenvalue weighted by Gasteiger charge is 2.13. The minimum absolute atomic E-state index is 0.0488. The summed E-state index contributed by atoms with van der Waals surface area (Å²) in [5.74, 6) is -0.960. The van der Waals surface area contributed by atoms with Crippen LogP contribution in [-0.4, -0.2) is 21.6 Å². The number of pyridine rings is 1. The van der Waals surface area contributed by atoms with Crippen LogP contribution >= 0.6 is 11.6 Å². The lowest BCUT2D eigenvalue weighted by Gasteiger charge is -2.16. The molecule has 0 aliphatic rings. The Bertz CT molecular complexity index is 1100. The zero-order valence-electron chi connectivity index (χ0n) is 15.4. The predicted octanol–water partition coefficient (Wildman–Crippen LogP) is 3.99. The number of ether oxygens (including phenoxy) is 1. The van der Waals surface area contributed by atoms with Crippen LogP contribution in [0.1, 0.15) is 16.8 Å². The maximum Gasteiger partial charge on any atom is 0.310 e. The summed E-state index contributed by atoms with van der Waals surface area (Å²) in [5.41, 5.74) is 1.59. The average Bonchev–Trinajstić information content (AvgIpc) is 2.65. The van der Waals surface area contributed by atoms with Gasteiger partial charge in [0.15, 0.2) is 0 Å². The summed E-state index contributed by atoms with van der Waals surface area (Å²) in [7, 11) is 1.52. The molecule has 9 heteroatoms. The molecule has 0 aliphatic carbocycles. The zero-order chi connectivity index (χ0) is 20.4. The van der Waals surface area contributed by atoms with Crippen LogP contribution in [0.15, 0.2) is 35.3 Å². The zero-order valence-corrected chi connectivity index (χ0v) is 16.1. The molecule has 0 saturated carbocycles. The second-order valence-corrected chi connectivity index (χ2v) is 6.57. The first-order valence-electron chi connectivity index (χ1n) is 8.28. The summed E-state index contributed by atoms with van der Waals surface area (Å²) >= 11 is 5.81. The Kier molecular flexibility index (Phi) is 5.60. The van der Waals surface area contributed by atoms with Crippen molar-refractivity contribution in [3.63, 3.8) is 0 Å². The molecule has 0 atom stereocenters. The van der Waals surface area contributed by atoms with Crippen molar-refractivity contribution in [2.45, 2.75) is 20.4 Å². The minimum Gasteiger partial charge on any atom is -0.481 e. The second kappa shape index (κ2) is 7.93. The van der Waals surface area contributed by atoms with Crippen LogP contribution in [0.4, 0.5) is 20.4 Å². The number of benzene rings is 1. The fraction of sp³-hybridized carbons (Fsp3) is 0.211. The SMILES string of the molecule is COc1nc(C)c(Nc2nc(=O)c(F)cn2Cc2ccc(F)c(Cl)c2)cc1C. The fourth-order valence-corrected chi connectivity index (χ4v) is 2.86. The van der Waals surface area contributed by atoms with E-state index in [1.54, 1.807) is 13.0 Å². The van der Waals surface area contributed by atoms with E-state index >= 15 is 0 Å². The van der Waals surface area contributed by atoms with Gasteiger partial charge in [0.2, 0.25) is 17.6 Å². The molecule has 2 heterocycles. The number of nitrogens with zero attached hydrogens (tertiary/aromatic N) is 3. The van der Waals surface area contributed by atoms with E-state index < -0.39 is 17.2 Å². The number of hydrogen-bond donors (Lipinski definition) is 1. The van der Waals surface area contributed by atoms with Gasteiger partial charge in [-0.15, -0.1) is 0 Å². The van der Waals surface area contributed by atoms with E-state index in [9.17, 15) is 13.6 Å². The van der Waals surface area contributed by atoms with E-state index in [1.807, 2.05) is 6.92 Å². The Morgan fingerprint density at radius 2 is 1.93 bits per heavy atom. The standard InChI is InChI=1S/C19H17ClF2N4O2/c1-10-6-16(11(2)23-18(10)28-3)24-19-25-17(27)15(22)9-26(19)8-12-4-5-14(21)13(20)7-12/h4-7,9H,8H2,1-3H3,(H,24,25,27). The van der Waals surface area contributed by atoms with Gasteiger partial charge in [-0.25, -0.2) is 9.37 Å². The topological polar surface area (TPSA) is 69.0 Å². The molecular weight excluding hydrogens is 390 g/mol. The largest absolute Gasteiger partial charge is 0.481 e. The molecule has 0 spiro atoms. The van der Waals surface area contributed by atoms with Crippen LogP contribution in [0, 0.1) is 25.5 Å². The van der Waals surface area contributed by atoms with Gasteiger partial charge in [0.25, 0.3) is 0 Å². The Morgan fingerprint density at radius 3 is 2.61 bits per heavy atom. The molecule has 0 fully saturated rings. The molecule has 2 aromatic heterocycles. The molecule has 0 aliphatic heterocycles. The maximum absolute atomic E-state index is 13.8. The first-order valence-corrected chi connectivity index (χ1v) is 8.66. The molecule has 0 amide bonds. The molecule has 6 nitrogen and oxygen atoms in total. The van der Waals surface area contributed by atoms with E-state index in [1.165, 1.54) is 29.9 Å². The molecule has 1 aromatic carbocycles. The normalized spacial score (nSPS) is 10.8. The van der Waals surface area contributed by atoms with E-state index in [2.05, 4.69) is 15.3 Å². The van der Waals surface area contributed by atoms with E-state index in [4.69, 9.17) is 16.3 Å². The lowest BCUT2D eigenvalue weighted by molar-refractivity contribution is 0.394. The number of rotatable bonds is 5. The van der Waals surface area contributed by atoms with Gasteiger partial charge in [-0.2, -0.15) is 9.37 Å². The molecule has 146 valence electrons. The summed E-state index contributed by atoms with van der Waals surface area (Å²) in [4.78, 5) is 19.8. The average molecular weight is 407 g/mol. The molecule has 1 N–H and O–H groups in total. The van der Waals surface area contributed by atoms with E-state index in [-0.39, 0.29) is 17.5 Å². The van der Waals surface area contributed by atoms with Crippen LogP contribution in [0.5, 0.6) is 5.88 Å². The van der Waals surface area contributed by atoms with Gasteiger partial charge in [0.1, 0.15) is 5.82 Å². The Hall–Kier alpha value is -3.00. The molecule has 0 saturated heterocycles. The molecule has 0 unspecified atom stereocenters. The smallest absolute Gasteiger partial charge is 0.310 e. The van der Waals surface area contributed by atoms with Crippen molar-refractivity contribution in [2.75, 3.05) is 12.4 Å². The maximum atomic E-state index is 13.8. The van der Waals surface area contributed by atoms with E-state index in [0.717, 1.165) is 11.8 Å². The van der Waals surface area contributed by atoms with Gasteiger partial charge in [-0.05, 0) is 37.6 Å². The van der Waals surface area contributed by atoms with Gasteiger partial charge >= 0.3 is 5.56 Å². The Balaban J connectivity index is 2.01. The second-order valence-electron chi connectivity index (χ2n) is 6.17. The number of aryl methyl sites for hydroxylation is 2. The van der Waals surface area contributed by atoms with E-state index in [0.29, 0.717) is 22.8 Å². The molecule has 0 radical (unpaired) electrons. The van der Waals surface area contributed by atoms with Gasteiger partial charge < -0.3 is 14.6 Å². The van der Waals surface area contributed by atoms with Gasteiger partial charge in [0, 0.05) is 11.8 Å². The summed E-state index contributed by atoms with van der Waals surface area (Å²) in [6.45, 7) is 3.70. The summed E-state index contributed by atoms with van der Waals surface area (Å²) < 4.78 is 33.8. The van der Waals surface area contributed by atoms with Crippen molar-refractivity contribution in [2.24, 2.45) is 0 Å². The number of aromatic nitrogens is 3. The first kappa shape index (κ1) is 19.8. The van der Waals surface area contributed by atoms with Crippen LogP contribution in [-0.2, 0) is 6.54 Å². The molecule has 3 aromatic rings. The lowest BCUT2D eigenvalue weighted by Crippen LogP contribution is -2.20. The number of halogens is 3. The third-order valence-electron chi connectivity index (χ3n) is 4.09. The van der Waals surface area contributed by atoms with Crippen LogP contribution < -0.4 is 15.6 Å². The van der Waals surface area contributed by atoms with Crippen molar-refractivity contribution in [3.8, 4) is 5.88 Å². The summed E-state index contributed by atoms with van der Waals surface area (Å²) in [6, 6.07) is 5.96. The van der Waals surface area contributed by atoms with Crippen LogP contribution in [0.25, 0.3) is 0 Å². The van der Waals surface area contributed by atoms with Gasteiger partial charge in [-0.3, -0.25) is 4.79 Å². The van der Waals surface area contributed by atoms with Crippen molar-refractivity contribution < 1.29 is 13.5 Å². The highest BCUT2D eigenvalue weighted by atomic mass is 35.5. The Labute approximate surface area is 164 Å². The Morgan fingerprint density at radius 1 is 1.18 bits per heavy atom. The lowest BCUT2D eigenvalue weighted by atomic mass is 10.2. The quantitative estimate of drug-likeness (QED) is 0.694. The van der Waals surface area contributed by atoms with Crippen LogP contribution in [0.3, 0.4) is 0 Å².